The van der Waals surface area contributed by atoms with Gasteiger partial charge in [-0.1, -0.05) is 18.3 Å². The highest BCUT2D eigenvalue weighted by atomic mass is 32.2. The summed E-state index contributed by atoms with van der Waals surface area (Å²) < 4.78 is 37.4. The van der Waals surface area contributed by atoms with Crippen molar-refractivity contribution in [3.8, 4) is 5.75 Å². The fraction of sp³-hybridized carbons (Fsp3) is 0.545. The van der Waals surface area contributed by atoms with Gasteiger partial charge in [0.05, 0.1) is 24.4 Å². The third-order valence-electron chi connectivity index (χ3n) is 5.73. The summed E-state index contributed by atoms with van der Waals surface area (Å²) in [7, 11) is -1.25. The number of rotatable bonds is 8. The number of sulfone groups is 1. The predicted molar refractivity (Wildman–Crippen MR) is 127 cm³/mol. The molecule has 10 nitrogen and oxygen atoms in total. The van der Waals surface area contributed by atoms with E-state index >= 15 is 0 Å². The molecule has 1 aromatic carbocycles. The SMILES string of the molecule is CCC1CCCCN1C(=O)CS(=O)(=O)CC(=O)N=c1sc2cc(OC)ccc2n1CC(=O)OC. The van der Waals surface area contributed by atoms with Gasteiger partial charge in [0.15, 0.2) is 14.6 Å². The van der Waals surface area contributed by atoms with Gasteiger partial charge >= 0.3 is 5.97 Å². The molecule has 1 unspecified atom stereocenters. The summed E-state index contributed by atoms with van der Waals surface area (Å²) in [5, 5.41) is 0. The smallest absolute Gasteiger partial charge is 0.325 e. The zero-order valence-corrected chi connectivity index (χ0v) is 21.1. The second-order valence-corrected chi connectivity index (χ2v) is 11.1. The summed E-state index contributed by atoms with van der Waals surface area (Å²) in [6.07, 6.45) is 3.47. The Kier molecular flexibility index (Phi) is 8.47. The summed E-state index contributed by atoms with van der Waals surface area (Å²) >= 11 is 1.12. The van der Waals surface area contributed by atoms with E-state index in [4.69, 9.17) is 9.47 Å². The number of carbonyl (C=O) groups is 3. The van der Waals surface area contributed by atoms with E-state index in [1.54, 1.807) is 23.1 Å². The first-order valence-electron chi connectivity index (χ1n) is 11.0. The van der Waals surface area contributed by atoms with Crippen LogP contribution in [-0.4, -0.2) is 74.0 Å². The molecule has 2 amide bonds. The van der Waals surface area contributed by atoms with Crippen LogP contribution >= 0.6 is 11.3 Å². The van der Waals surface area contributed by atoms with E-state index in [0.29, 0.717) is 22.5 Å². The number of ether oxygens (including phenoxy) is 2. The largest absolute Gasteiger partial charge is 0.497 e. The van der Waals surface area contributed by atoms with Gasteiger partial charge in [-0.25, -0.2) is 8.42 Å². The third-order valence-corrected chi connectivity index (χ3v) is 8.15. The van der Waals surface area contributed by atoms with Gasteiger partial charge in [-0.2, -0.15) is 4.99 Å². The number of hydrogen-bond donors (Lipinski definition) is 0. The van der Waals surface area contributed by atoms with Gasteiger partial charge in [0, 0.05) is 12.6 Å². The molecule has 1 aliphatic heterocycles. The molecule has 12 heteroatoms. The van der Waals surface area contributed by atoms with Crippen molar-refractivity contribution in [3.63, 3.8) is 0 Å². The maximum absolute atomic E-state index is 12.6. The Bertz CT molecular complexity index is 1250. The summed E-state index contributed by atoms with van der Waals surface area (Å²) in [4.78, 5) is 42.9. The molecule has 2 aromatic rings. The van der Waals surface area contributed by atoms with Crippen LogP contribution in [0.25, 0.3) is 10.2 Å². The van der Waals surface area contributed by atoms with Crippen molar-refractivity contribution in [1.82, 2.24) is 9.47 Å². The Morgan fingerprint density at radius 2 is 1.94 bits per heavy atom. The molecule has 0 saturated carbocycles. The highest BCUT2D eigenvalue weighted by Gasteiger charge is 2.29. The Labute approximate surface area is 202 Å². The van der Waals surface area contributed by atoms with Crippen molar-refractivity contribution in [2.45, 2.75) is 45.2 Å². The molecular weight excluding hydrogens is 482 g/mol. The van der Waals surface area contributed by atoms with Crippen LogP contribution in [0.4, 0.5) is 0 Å². The van der Waals surface area contributed by atoms with E-state index in [1.807, 2.05) is 6.92 Å². The van der Waals surface area contributed by atoms with Crippen molar-refractivity contribution in [2.75, 3.05) is 32.3 Å². The highest BCUT2D eigenvalue weighted by molar-refractivity contribution is 7.92. The molecule has 0 N–H and O–H groups in total. The number of piperidine rings is 1. The number of aromatic nitrogens is 1. The molecule has 1 fully saturated rings. The number of benzene rings is 1. The van der Waals surface area contributed by atoms with Gasteiger partial charge in [0.1, 0.15) is 23.8 Å². The molecule has 0 aliphatic carbocycles. The predicted octanol–water partition coefficient (Wildman–Crippen LogP) is 1.52. The topological polar surface area (TPSA) is 124 Å². The monoisotopic (exact) mass is 511 g/mol. The van der Waals surface area contributed by atoms with Crippen LogP contribution in [0.2, 0.25) is 0 Å². The Morgan fingerprint density at radius 3 is 2.62 bits per heavy atom. The standard InChI is InChI=1S/C22H29N3O7S2/c1-4-15-7-5-6-10-24(15)20(27)14-34(29,30)13-19(26)23-22-25(12-21(28)32-3)17-9-8-16(31-2)11-18(17)33-22/h8-9,11,15H,4-7,10,12-14H2,1-3H3. The number of carbonyl (C=O) groups excluding carboxylic acids is 3. The molecule has 0 bridgehead atoms. The van der Waals surface area contributed by atoms with Crippen molar-refractivity contribution in [2.24, 2.45) is 4.99 Å². The Balaban J connectivity index is 1.83. The second-order valence-electron chi connectivity index (χ2n) is 8.06. The molecule has 0 spiro atoms. The molecule has 1 atom stereocenters. The van der Waals surface area contributed by atoms with Gasteiger partial charge in [0.25, 0.3) is 5.91 Å². The van der Waals surface area contributed by atoms with Gasteiger partial charge in [-0.3, -0.25) is 14.4 Å². The lowest BCUT2D eigenvalue weighted by molar-refractivity contribution is -0.141. The first-order chi connectivity index (χ1) is 16.2. The van der Waals surface area contributed by atoms with E-state index in [9.17, 15) is 22.8 Å². The minimum atomic E-state index is -4.01. The third kappa shape index (κ3) is 6.23. The first-order valence-corrected chi connectivity index (χ1v) is 13.6. The molecule has 186 valence electrons. The maximum Gasteiger partial charge on any atom is 0.325 e. The van der Waals surface area contributed by atoms with Crippen molar-refractivity contribution < 1.29 is 32.3 Å². The van der Waals surface area contributed by atoms with Gasteiger partial charge in [-0.05, 0) is 43.9 Å². The number of fused-ring (bicyclic) bond motifs is 1. The van der Waals surface area contributed by atoms with Crippen LogP contribution in [0.3, 0.4) is 0 Å². The van der Waals surface area contributed by atoms with Gasteiger partial charge in [0.2, 0.25) is 5.91 Å². The van der Waals surface area contributed by atoms with E-state index in [0.717, 1.165) is 37.0 Å². The minimum Gasteiger partial charge on any atom is -0.497 e. The molecule has 2 heterocycles. The van der Waals surface area contributed by atoms with Crippen LogP contribution in [0.15, 0.2) is 23.2 Å². The second kappa shape index (κ2) is 11.1. The summed E-state index contributed by atoms with van der Waals surface area (Å²) in [5.41, 5.74) is 0.622. The summed E-state index contributed by atoms with van der Waals surface area (Å²) in [6, 6.07) is 5.18. The van der Waals surface area contributed by atoms with Crippen molar-refractivity contribution >= 4 is 49.2 Å². The molecule has 1 aromatic heterocycles. The number of nitrogens with zero attached hydrogens (tertiary/aromatic N) is 3. The van der Waals surface area contributed by atoms with Crippen LogP contribution in [0, 0.1) is 0 Å². The van der Waals surface area contributed by atoms with Crippen LogP contribution in [-0.2, 0) is 35.5 Å². The molecule has 1 aliphatic rings. The number of amides is 2. The number of methoxy groups -OCH3 is 2. The Hall–Kier alpha value is -2.73. The number of likely N-dealkylation sites (tertiary alicyclic amines) is 1. The average Bonchev–Trinajstić information content (AvgIpc) is 3.13. The first kappa shape index (κ1) is 25.9. The van der Waals surface area contributed by atoms with E-state index in [2.05, 4.69) is 4.99 Å². The van der Waals surface area contributed by atoms with Crippen LogP contribution < -0.4 is 9.54 Å². The van der Waals surface area contributed by atoms with Crippen molar-refractivity contribution in [1.29, 1.82) is 0 Å². The lowest BCUT2D eigenvalue weighted by atomic mass is 10.0. The van der Waals surface area contributed by atoms with Gasteiger partial charge in [-0.15, -0.1) is 0 Å². The maximum atomic E-state index is 12.6. The number of hydrogen-bond acceptors (Lipinski definition) is 8. The fourth-order valence-electron chi connectivity index (χ4n) is 4.01. The zero-order valence-electron chi connectivity index (χ0n) is 19.5. The molecule has 3 rings (SSSR count). The Morgan fingerprint density at radius 1 is 1.18 bits per heavy atom. The number of thiazole rings is 1. The molecular formula is C22H29N3O7S2. The summed E-state index contributed by atoms with van der Waals surface area (Å²) in [5.74, 6) is -2.96. The zero-order chi connectivity index (χ0) is 24.9. The van der Waals surface area contributed by atoms with Crippen LogP contribution in [0.1, 0.15) is 32.6 Å². The lowest BCUT2D eigenvalue weighted by Crippen LogP contribution is -2.46. The minimum absolute atomic E-state index is 0.0321. The molecule has 34 heavy (non-hydrogen) atoms. The fourth-order valence-corrected chi connectivity index (χ4v) is 6.17. The number of esters is 1. The lowest BCUT2D eigenvalue weighted by Gasteiger charge is -2.35. The van der Waals surface area contributed by atoms with Gasteiger partial charge < -0.3 is 18.9 Å². The van der Waals surface area contributed by atoms with Crippen LogP contribution in [0.5, 0.6) is 5.75 Å². The van der Waals surface area contributed by atoms with Crippen molar-refractivity contribution in [3.05, 3.63) is 23.0 Å². The molecule has 1 saturated heterocycles. The van der Waals surface area contributed by atoms with E-state index in [1.165, 1.54) is 18.8 Å². The average molecular weight is 512 g/mol. The van der Waals surface area contributed by atoms with E-state index in [-0.39, 0.29) is 17.4 Å². The quantitative estimate of drug-likeness (QED) is 0.492. The normalized spacial score (nSPS) is 17.1. The highest BCUT2D eigenvalue weighted by Crippen LogP contribution is 2.23. The summed E-state index contributed by atoms with van der Waals surface area (Å²) in [6.45, 7) is 2.30. The molecule has 0 radical (unpaired) electrons. The van der Waals surface area contributed by atoms with E-state index < -0.39 is 39.1 Å².